The van der Waals surface area contributed by atoms with E-state index in [1.807, 2.05) is 19.1 Å². The highest BCUT2D eigenvalue weighted by molar-refractivity contribution is 5.76. The summed E-state index contributed by atoms with van der Waals surface area (Å²) in [4.78, 5) is 17.7. The Labute approximate surface area is 216 Å². The van der Waals surface area contributed by atoms with Crippen LogP contribution >= 0.6 is 0 Å². The van der Waals surface area contributed by atoms with Crippen molar-refractivity contribution in [2.24, 2.45) is 0 Å². The molecule has 1 amide bonds. The third kappa shape index (κ3) is 7.97. The van der Waals surface area contributed by atoms with Crippen LogP contribution in [0.4, 0.5) is 0 Å². The molecule has 1 fully saturated rings. The Morgan fingerprint density at radius 2 is 1.86 bits per heavy atom. The standard InChI is InChI=1S/C30H42N2O4/c1-2-34-28-15-9-13-26-24-31(23-25-11-5-3-6-12-25)19-20-32(18-7-4-8-21-36-30(26)28)29(33)17-16-27-14-10-22-35-27/h3,5-6,9,11-13,15,27H,2,4,7-8,10,14,16-24H2,1H3. The van der Waals surface area contributed by atoms with Crippen molar-refractivity contribution in [2.45, 2.75) is 71.1 Å². The van der Waals surface area contributed by atoms with Gasteiger partial charge in [0.1, 0.15) is 0 Å². The Morgan fingerprint density at radius 1 is 0.972 bits per heavy atom. The zero-order valence-corrected chi connectivity index (χ0v) is 21.8. The molecule has 0 radical (unpaired) electrons. The lowest BCUT2D eigenvalue weighted by Gasteiger charge is -2.29. The van der Waals surface area contributed by atoms with Crippen molar-refractivity contribution < 1.29 is 19.0 Å². The number of hydrogen-bond donors (Lipinski definition) is 0. The minimum Gasteiger partial charge on any atom is -0.490 e. The Hall–Kier alpha value is -2.57. The van der Waals surface area contributed by atoms with Gasteiger partial charge in [-0.15, -0.1) is 0 Å². The lowest BCUT2D eigenvalue weighted by Crippen LogP contribution is -2.39. The predicted octanol–water partition coefficient (Wildman–Crippen LogP) is 5.44. The summed E-state index contributed by atoms with van der Waals surface area (Å²) in [5, 5.41) is 0. The molecule has 0 aromatic heterocycles. The van der Waals surface area contributed by atoms with Gasteiger partial charge in [0.2, 0.25) is 5.91 Å². The van der Waals surface area contributed by atoms with Crippen LogP contribution in [0.5, 0.6) is 11.5 Å². The molecule has 1 atom stereocenters. The molecule has 0 saturated carbocycles. The summed E-state index contributed by atoms with van der Waals surface area (Å²) in [7, 11) is 0. The largest absolute Gasteiger partial charge is 0.490 e. The number of carbonyl (C=O) groups excluding carboxylic acids is 1. The maximum atomic E-state index is 13.2. The number of hydrogen-bond acceptors (Lipinski definition) is 5. The molecule has 0 spiro atoms. The number of carbonyl (C=O) groups is 1. The minimum atomic E-state index is 0.257. The molecule has 0 aliphatic carbocycles. The molecule has 0 N–H and O–H groups in total. The lowest BCUT2D eigenvalue weighted by molar-refractivity contribution is -0.132. The quantitative estimate of drug-likeness (QED) is 0.513. The van der Waals surface area contributed by atoms with Gasteiger partial charge in [0, 0.05) is 51.3 Å². The van der Waals surface area contributed by atoms with Crippen LogP contribution in [-0.4, -0.2) is 61.3 Å². The second kappa shape index (κ2) is 14.2. The fourth-order valence-corrected chi connectivity index (χ4v) is 5.11. The summed E-state index contributed by atoms with van der Waals surface area (Å²) in [6, 6.07) is 16.7. The summed E-state index contributed by atoms with van der Waals surface area (Å²) in [5.74, 6) is 1.94. The fraction of sp³-hybridized carbons (Fsp3) is 0.567. The maximum Gasteiger partial charge on any atom is 0.222 e. The monoisotopic (exact) mass is 494 g/mol. The number of benzene rings is 2. The number of fused-ring (bicyclic) bond motifs is 1. The van der Waals surface area contributed by atoms with Crippen LogP contribution in [0.25, 0.3) is 0 Å². The zero-order valence-electron chi connectivity index (χ0n) is 21.8. The van der Waals surface area contributed by atoms with E-state index in [9.17, 15) is 4.79 Å². The van der Waals surface area contributed by atoms with Crippen LogP contribution in [0.1, 0.15) is 63.0 Å². The van der Waals surface area contributed by atoms with Crippen LogP contribution in [0.2, 0.25) is 0 Å². The van der Waals surface area contributed by atoms with Crippen molar-refractivity contribution in [1.82, 2.24) is 9.80 Å². The van der Waals surface area contributed by atoms with Gasteiger partial charge in [-0.1, -0.05) is 42.5 Å². The molecule has 2 aromatic carbocycles. The first-order valence-corrected chi connectivity index (χ1v) is 13.8. The van der Waals surface area contributed by atoms with Crippen molar-refractivity contribution in [2.75, 3.05) is 39.5 Å². The van der Waals surface area contributed by atoms with E-state index in [0.29, 0.717) is 19.6 Å². The van der Waals surface area contributed by atoms with E-state index in [1.165, 1.54) is 5.56 Å². The average Bonchev–Trinajstić information content (AvgIpc) is 3.42. The first-order valence-electron chi connectivity index (χ1n) is 13.8. The normalized spacial score (nSPS) is 19.9. The summed E-state index contributed by atoms with van der Waals surface area (Å²) in [6.07, 6.45) is 6.87. The summed E-state index contributed by atoms with van der Waals surface area (Å²) < 4.78 is 18.0. The topological polar surface area (TPSA) is 51.2 Å². The van der Waals surface area contributed by atoms with E-state index in [0.717, 1.165) is 94.9 Å². The Bertz CT molecular complexity index is 930. The molecule has 2 aliphatic rings. The molecule has 6 nitrogen and oxygen atoms in total. The van der Waals surface area contributed by atoms with Gasteiger partial charge < -0.3 is 19.1 Å². The van der Waals surface area contributed by atoms with E-state index in [-0.39, 0.29) is 12.0 Å². The Balaban J connectivity index is 1.51. The van der Waals surface area contributed by atoms with Crippen molar-refractivity contribution >= 4 is 5.91 Å². The number of para-hydroxylation sites is 1. The number of amides is 1. The van der Waals surface area contributed by atoms with Crippen LogP contribution in [0.15, 0.2) is 48.5 Å². The van der Waals surface area contributed by atoms with E-state index in [4.69, 9.17) is 14.2 Å². The van der Waals surface area contributed by atoms with Crippen molar-refractivity contribution in [3.05, 3.63) is 59.7 Å². The highest BCUT2D eigenvalue weighted by Crippen LogP contribution is 2.33. The first kappa shape index (κ1) is 26.5. The van der Waals surface area contributed by atoms with E-state index >= 15 is 0 Å². The van der Waals surface area contributed by atoms with Gasteiger partial charge >= 0.3 is 0 Å². The van der Waals surface area contributed by atoms with Crippen molar-refractivity contribution in [3.8, 4) is 11.5 Å². The number of ether oxygens (including phenoxy) is 3. The third-order valence-electron chi connectivity index (χ3n) is 7.07. The predicted molar refractivity (Wildman–Crippen MR) is 142 cm³/mol. The van der Waals surface area contributed by atoms with Gasteiger partial charge in [0.25, 0.3) is 0 Å². The Morgan fingerprint density at radius 3 is 2.67 bits per heavy atom. The van der Waals surface area contributed by atoms with E-state index in [1.54, 1.807) is 0 Å². The average molecular weight is 495 g/mol. The van der Waals surface area contributed by atoms with Crippen molar-refractivity contribution in [3.63, 3.8) is 0 Å². The number of rotatable bonds is 7. The van der Waals surface area contributed by atoms with Gasteiger partial charge in [-0.25, -0.2) is 0 Å². The molecular weight excluding hydrogens is 452 g/mol. The highest BCUT2D eigenvalue weighted by Gasteiger charge is 2.21. The van der Waals surface area contributed by atoms with Gasteiger partial charge in [0.15, 0.2) is 11.5 Å². The summed E-state index contributed by atoms with van der Waals surface area (Å²) in [6.45, 7) is 8.01. The van der Waals surface area contributed by atoms with Crippen LogP contribution < -0.4 is 9.47 Å². The molecule has 4 rings (SSSR count). The van der Waals surface area contributed by atoms with E-state index in [2.05, 4.69) is 46.2 Å². The van der Waals surface area contributed by atoms with Gasteiger partial charge in [-0.3, -0.25) is 9.69 Å². The molecule has 6 heteroatoms. The SMILES string of the molecule is CCOc1cccc2c1OCCCCCN(C(=O)CCC1CCCO1)CCN(Cc1ccccc1)C2. The maximum absolute atomic E-state index is 13.2. The van der Waals surface area contributed by atoms with E-state index < -0.39 is 0 Å². The zero-order chi connectivity index (χ0) is 25.0. The minimum absolute atomic E-state index is 0.257. The van der Waals surface area contributed by atoms with Gasteiger partial charge in [0.05, 0.1) is 19.3 Å². The molecule has 2 heterocycles. The second-order valence-corrected chi connectivity index (χ2v) is 9.84. The van der Waals surface area contributed by atoms with Crippen molar-refractivity contribution in [1.29, 1.82) is 0 Å². The van der Waals surface area contributed by atoms with Crippen LogP contribution in [0, 0.1) is 0 Å². The third-order valence-corrected chi connectivity index (χ3v) is 7.07. The smallest absolute Gasteiger partial charge is 0.222 e. The van der Waals surface area contributed by atoms with Gasteiger partial charge in [-0.05, 0) is 57.1 Å². The second-order valence-electron chi connectivity index (χ2n) is 9.84. The molecule has 2 aliphatic heterocycles. The van der Waals surface area contributed by atoms with Crippen LogP contribution in [0.3, 0.4) is 0 Å². The van der Waals surface area contributed by atoms with Gasteiger partial charge in [-0.2, -0.15) is 0 Å². The molecular formula is C30H42N2O4. The fourth-order valence-electron chi connectivity index (χ4n) is 5.11. The molecule has 36 heavy (non-hydrogen) atoms. The molecule has 1 saturated heterocycles. The molecule has 2 aromatic rings. The van der Waals surface area contributed by atoms with Crippen LogP contribution in [-0.2, 0) is 22.6 Å². The highest BCUT2D eigenvalue weighted by atomic mass is 16.5. The molecule has 0 bridgehead atoms. The first-order chi connectivity index (χ1) is 17.7. The summed E-state index contributed by atoms with van der Waals surface area (Å²) in [5.41, 5.74) is 2.40. The lowest BCUT2D eigenvalue weighted by atomic mass is 10.1. The molecule has 196 valence electrons. The number of nitrogens with zero attached hydrogens (tertiary/aromatic N) is 2. The molecule has 1 unspecified atom stereocenters. The summed E-state index contributed by atoms with van der Waals surface area (Å²) >= 11 is 0. The Kier molecular flexibility index (Phi) is 10.5.